The predicted molar refractivity (Wildman–Crippen MR) is 113 cm³/mol. The number of carbonyl (C=O) groups is 2. The number of ether oxygens (including phenoxy) is 1. The van der Waals surface area contributed by atoms with E-state index < -0.39 is 0 Å². The van der Waals surface area contributed by atoms with Gasteiger partial charge in [-0.1, -0.05) is 12.1 Å². The van der Waals surface area contributed by atoms with Crippen molar-refractivity contribution in [2.24, 2.45) is 0 Å². The Morgan fingerprint density at radius 1 is 1.10 bits per heavy atom. The van der Waals surface area contributed by atoms with E-state index in [-0.39, 0.29) is 23.8 Å². The summed E-state index contributed by atoms with van der Waals surface area (Å²) >= 11 is 0. The molecule has 0 atom stereocenters. The molecule has 0 radical (unpaired) electrons. The lowest BCUT2D eigenvalue weighted by atomic mass is 10.1. The molecule has 1 aliphatic heterocycles. The molecule has 1 aliphatic rings. The van der Waals surface area contributed by atoms with Gasteiger partial charge in [-0.15, -0.1) is 0 Å². The van der Waals surface area contributed by atoms with Gasteiger partial charge in [-0.2, -0.15) is 5.10 Å². The van der Waals surface area contributed by atoms with Gasteiger partial charge in [-0.25, -0.2) is 4.68 Å². The molecule has 0 N–H and O–H groups in total. The minimum absolute atomic E-state index is 0.0169. The molecular weight excluding hydrogens is 382 g/mol. The zero-order valence-corrected chi connectivity index (χ0v) is 16.8. The molecule has 4 rings (SSSR count). The quantitative estimate of drug-likeness (QED) is 0.612. The van der Waals surface area contributed by atoms with Gasteiger partial charge in [0.25, 0.3) is 5.56 Å². The van der Waals surface area contributed by atoms with Crippen molar-refractivity contribution in [3.63, 3.8) is 0 Å². The van der Waals surface area contributed by atoms with Crippen molar-refractivity contribution in [2.75, 3.05) is 18.6 Å². The average Bonchev–Trinajstić information content (AvgIpc) is 3.19. The Balaban J connectivity index is 1.61. The maximum absolute atomic E-state index is 12.8. The maximum Gasteiger partial charge on any atom is 0.267 e. The highest BCUT2D eigenvalue weighted by Crippen LogP contribution is 2.29. The number of rotatable bonds is 5. The molecule has 7 heteroatoms. The molecule has 30 heavy (non-hydrogen) atoms. The topological polar surface area (TPSA) is 81.5 Å². The van der Waals surface area contributed by atoms with Crippen LogP contribution in [0.5, 0.6) is 5.75 Å². The minimum atomic E-state index is -0.356. The van der Waals surface area contributed by atoms with Crippen LogP contribution in [-0.4, -0.2) is 35.1 Å². The Labute approximate surface area is 173 Å². The average molecular weight is 403 g/mol. The number of ketones is 1. The zero-order chi connectivity index (χ0) is 21.3. The Morgan fingerprint density at radius 2 is 1.90 bits per heavy atom. The van der Waals surface area contributed by atoms with Gasteiger partial charge in [0.2, 0.25) is 5.91 Å². The van der Waals surface area contributed by atoms with E-state index in [1.54, 1.807) is 36.3 Å². The number of para-hydroxylation sites is 1. The number of hydrogen-bond donors (Lipinski definition) is 0. The van der Waals surface area contributed by atoms with Crippen LogP contribution in [0.1, 0.15) is 22.8 Å². The van der Waals surface area contributed by atoms with Gasteiger partial charge in [0.15, 0.2) is 5.78 Å². The molecule has 0 bridgehead atoms. The van der Waals surface area contributed by atoms with Crippen molar-refractivity contribution in [3.8, 4) is 17.0 Å². The molecular formula is C23H21N3O4. The standard InChI is InChI=1S/C23H21N3O4/c1-15(27)25-12-11-16-13-17(7-9-20(16)25)21(28)14-26-23(29)10-8-19(24-26)18-5-3-4-6-22(18)30-2/h3-10,13H,11-12,14H2,1-2H3. The first kappa shape index (κ1) is 19.6. The van der Waals surface area contributed by atoms with Crippen LogP contribution in [0.2, 0.25) is 0 Å². The third kappa shape index (κ3) is 3.61. The molecule has 2 heterocycles. The fourth-order valence-corrected chi connectivity index (χ4v) is 3.69. The van der Waals surface area contributed by atoms with Gasteiger partial charge in [0.1, 0.15) is 12.3 Å². The molecule has 0 aliphatic carbocycles. The van der Waals surface area contributed by atoms with Gasteiger partial charge in [-0.3, -0.25) is 14.4 Å². The van der Waals surface area contributed by atoms with Crippen LogP contribution < -0.4 is 15.2 Å². The van der Waals surface area contributed by atoms with Gasteiger partial charge < -0.3 is 9.64 Å². The van der Waals surface area contributed by atoms with Crippen LogP contribution in [0.3, 0.4) is 0 Å². The Morgan fingerprint density at radius 3 is 2.67 bits per heavy atom. The molecule has 0 saturated heterocycles. The number of nitrogens with zero attached hydrogens (tertiary/aromatic N) is 3. The number of carbonyl (C=O) groups excluding carboxylic acids is 2. The Kier molecular flexibility index (Phi) is 5.18. The van der Waals surface area contributed by atoms with E-state index in [9.17, 15) is 14.4 Å². The largest absolute Gasteiger partial charge is 0.496 e. The molecule has 3 aromatic rings. The number of fused-ring (bicyclic) bond motifs is 1. The number of methoxy groups -OCH3 is 1. The Bertz CT molecular complexity index is 1200. The van der Waals surface area contributed by atoms with E-state index in [2.05, 4.69) is 5.10 Å². The highest BCUT2D eigenvalue weighted by Gasteiger charge is 2.23. The first-order valence-corrected chi connectivity index (χ1v) is 9.63. The molecule has 2 aromatic carbocycles. The summed E-state index contributed by atoms with van der Waals surface area (Å²) in [6.45, 7) is 1.97. The lowest BCUT2D eigenvalue weighted by Crippen LogP contribution is -2.26. The first-order valence-electron chi connectivity index (χ1n) is 9.63. The van der Waals surface area contributed by atoms with Crippen molar-refractivity contribution in [1.29, 1.82) is 0 Å². The van der Waals surface area contributed by atoms with Crippen LogP contribution in [0.25, 0.3) is 11.3 Å². The number of anilines is 1. The summed E-state index contributed by atoms with van der Waals surface area (Å²) in [6.07, 6.45) is 0.706. The second-order valence-electron chi connectivity index (χ2n) is 7.10. The minimum Gasteiger partial charge on any atom is -0.496 e. The zero-order valence-electron chi connectivity index (χ0n) is 16.8. The second kappa shape index (κ2) is 7.94. The van der Waals surface area contributed by atoms with Crippen molar-refractivity contribution < 1.29 is 14.3 Å². The fourth-order valence-electron chi connectivity index (χ4n) is 3.69. The van der Waals surface area contributed by atoms with Crippen LogP contribution in [0.15, 0.2) is 59.4 Å². The van der Waals surface area contributed by atoms with Gasteiger partial charge in [0, 0.05) is 36.3 Å². The summed E-state index contributed by atoms with van der Waals surface area (Å²) in [7, 11) is 1.57. The summed E-state index contributed by atoms with van der Waals surface area (Å²) in [5.74, 6) is 0.401. The molecule has 0 saturated carbocycles. The lowest BCUT2D eigenvalue weighted by molar-refractivity contribution is -0.116. The van der Waals surface area contributed by atoms with Crippen molar-refractivity contribution >= 4 is 17.4 Å². The van der Waals surface area contributed by atoms with E-state index in [1.807, 2.05) is 24.3 Å². The number of amides is 1. The molecule has 0 spiro atoms. The van der Waals surface area contributed by atoms with Crippen molar-refractivity contribution in [1.82, 2.24) is 9.78 Å². The van der Waals surface area contributed by atoms with E-state index in [1.165, 1.54) is 17.7 Å². The van der Waals surface area contributed by atoms with Gasteiger partial charge in [0.05, 0.1) is 12.8 Å². The van der Waals surface area contributed by atoms with Crippen molar-refractivity contribution in [3.05, 3.63) is 76.1 Å². The van der Waals surface area contributed by atoms with Gasteiger partial charge in [-0.05, 0) is 48.4 Å². The molecule has 0 fully saturated rings. The lowest BCUT2D eigenvalue weighted by Gasteiger charge is -2.14. The monoisotopic (exact) mass is 403 g/mol. The van der Waals surface area contributed by atoms with Crippen LogP contribution in [0, 0.1) is 0 Å². The van der Waals surface area contributed by atoms with Crippen LogP contribution in [-0.2, 0) is 17.8 Å². The summed E-state index contributed by atoms with van der Waals surface area (Å²) < 4.78 is 6.53. The van der Waals surface area contributed by atoms with E-state index in [0.29, 0.717) is 30.0 Å². The first-order chi connectivity index (χ1) is 14.5. The third-order valence-corrected chi connectivity index (χ3v) is 5.22. The normalized spacial score (nSPS) is 12.5. The molecule has 7 nitrogen and oxygen atoms in total. The maximum atomic E-state index is 12.8. The predicted octanol–water partition coefficient (Wildman–Crippen LogP) is 2.71. The number of Topliss-reactive ketones (excluding diaryl/α,β-unsaturated/α-hetero) is 1. The third-order valence-electron chi connectivity index (χ3n) is 5.22. The summed E-state index contributed by atoms with van der Waals surface area (Å²) in [4.78, 5) is 38.6. The smallest absolute Gasteiger partial charge is 0.267 e. The molecule has 0 unspecified atom stereocenters. The fraction of sp³-hybridized carbons (Fsp3) is 0.217. The van der Waals surface area contributed by atoms with Crippen LogP contribution >= 0.6 is 0 Å². The number of aromatic nitrogens is 2. The second-order valence-corrected chi connectivity index (χ2v) is 7.10. The SMILES string of the molecule is COc1ccccc1-c1ccc(=O)n(CC(=O)c2ccc3c(c2)CCN3C(C)=O)n1. The van der Waals surface area contributed by atoms with E-state index in [0.717, 1.165) is 16.8 Å². The molecule has 1 aromatic heterocycles. The van der Waals surface area contributed by atoms with Crippen molar-refractivity contribution in [2.45, 2.75) is 19.9 Å². The van der Waals surface area contributed by atoms with E-state index >= 15 is 0 Å². The molecule has 1 amide bonds. The summed E-state index contributed by atoms with van der Waals surface area (Å²) in [5, 5.41) is 4.37. The van der Waals surface area contributed by atoms with Crippen LogP contribution in [0.4, 0.5) is 5.69 Å². The van der Waals surface area contributed by atoms with E-state index in [4.69, 9.17) is 4.74 Å². The Hall–Kier alpha value is -3.74. The summed E-state index contributed by atoms with van der Waals surface area (Å²) in [5.41, 5.74) is 3.22. The highest BCUT2D eigenvalue weighted by atomic mass is 16.5. The number of benzene rings is 2. The molecule has 152 valence electrons. The van der Waals surface area contributed by atoms with Gasteiger partial charge >= 0.3 is 0 Å². The number of hydrogen-bond acceptors (Lipinski definition) is 5. The summed E-state index contributed by atoms with van der Waals surface area (Å²) in [6, 6.07) is 15.7. The highest BCUT2D eigenvalue weighted by molar-refractivity contribution is 5.98.